The van der Waals surface area contributed by atoms with Crippen molar-refractivity contribution in [1.29, 1.82) is 0 Å². The first kappa shape index (κ1) is 10.1. The maximum atomic E-state index is 11.7. The Hall–Kier alpha value is -2.11. The van der Waals surface area contributed by atoms with Crippen LogP contribution >= 0.6 is 0 Å². The third-order valence-corrected chi connectivity index (χ3v) is 3.26. The fraction of sp³-hybridized carbons (Fsp3) is 0.364. The van der Waals surface area contributed by atoms with Gasteiger partial charge in [0, 0.05) is 12.7 Å². The Balaban J connectivity index is 1.83. The molecule has 0 aliphatic carbocycles. The van der Waals surface area contributed by atoms with Gasteiger partial charge < -0.3 is 10.2 Å². The summed E-state index contributed by atoms with van der Waals surface area (Å²) in [6.45, 7) is 1.19. The Morgan fingerprint density at radius 3 is 2.88 bits per heavy atom. The molecule has 1 aromatic heterocycles. The van der Waals surface area contributed by atoms with E-state index in [1.165, 1.54) is 0 Å². The predicted molar refractivity (Wildman–Crippen MR) is 60.5 cm³/mol. The minimum Gasteiger partial charge on any atom is -0.354 e. The number of nitrogens with one attached hydrogen (secondary N) is 2. The highest BCUT2D eigenvalue weighted by Crippen LogP contribution is 2.27. The highest BCUT2D eigenvalue weighted by atomic mass is 16.2. The number of hydrogen-bond acceptors (Lipinski definition) is 4. The Morgan fingerprint density at radius 2 is 2.24 bits per heavy atom. The summed E-state index contributed by atoms with van der Waals surface area (Å²) in [7, 11) is 0. The predicted octanol–water partition coefficient (Wildman–Crippen LogP) is -0.130. The molecule has 3 rings (SSSR count). The highest BCUT2D eigenvalue weighted by molar-refractivity contribution is 6.07. The first-order valence-electron chi connectivity index (χ1n) is 5.49. The molecule has 3 heterocycles. The monoisotopic (exact) mass is 232 g/mol. The van der Waals surface area contributed by atoms with E-state index in [-0.39, 0.29) is 5.91 Å². The van der Waals surface area contributed by atoms with Crippen molar-refractivity contribution in [2.24, 2.45) is 0 Å². The van der Waals surface area contributed by atoms with E-state index in [1.54, 1.807) is 6.20 Å². The molecule has 88 valence electrons. The van der Waals surface area contributed by atoms with Crippen LogP contribution in [0.2, 0.25) is 0 Å². The lowest BCUT2D eigenvalue weighted by atomic mass is 10.00. The fourth-order valence-electron chi connectivity index (χ4n) is 2.36. The molecule has 17 heavy (non-hydrogen) atoms. The second-order valence-electron chi connectivity index (χ2n) is 4.35. The van der Waals surface area contributed by atoms with Gasteiger partial charge in [-0.1, -0.05) is 6.07 Å². The van der Waals surface area contributed by atoms with Crippen molar-refractivity contribution < 1.29 is 9.59 Å². The second kappa shape index (κ2) is 3.44. The van der Waals surface area contributed by atoms with Gasteiger partial charge in [-0.15, -0.1) is 0 Å². The first-order chi connectivity index (χ1) is 8.20. The lowest BCUT2D eigenvalue weighted by molar-refractivity contribution is -0.123. The number of nitrogens with zero attached hydrogens (tertiary/aromatic N) is 2. The number of amides is 3. The van der Waals surface area contributed by atoms with Gasteiger partial charge in [0.2, 0.25) is 0 Å². The van der Waals surface area contributed by atoms with Gasteiger partial charge in [0.05, 0.1) is 6.54 Å². The zero-order chi connectivity index (χ0) is 11.9. The molecule has 2 N–H and O–H groups in total. The SMILES string of the molecule is O=C1NC(=O)C2(CCN(c3ccccn3)C2)N1. The maximum Gasteiger partial charge on any atom is 0.322 e. The number of carbonyl (C=O) groups is 2. The van der Waals surface area contributed by atoms with E-state index < -0.39 is 11.6 Å². The van der Waals surface area contributed by atoms with Gasteiger partial charge in [0.15, 0.2) is 0 Å². The van der Waals surface area contributed by atoms with Crippen molar-refractivity contribution in [2.75, 3.05) is 18.0 Å². The maximum absolute atomic E-state index is 11.7. The van der Waals surface area contributed by atoms with E-state index in [0.29, 0.717) is 19.5 Å². The van der Waals surface area contributed by atoms with Crippen LogP contribution in [-0.2, 0) is 4.79 Å². The molecule has 1 unspecified atom stereocenters. The van der Waals surface area contributed by atoms with Crippen molar-refractivity contribution in [2.45, 2.75) is 12.0 Å². The topological polar surface area (TPSA) is 74.3 Å². The Labute approximate surface area is 98.0 Å². The van der Waals surface area contributed by atoms with Crippen molar-refractivity contribution in [3.8, 4) is 0 Å². The number of rotatable bonds is 1. The number of hydrogen-bond donors (Lipinski definition) is 2. The molecule has 6 nitrogen and oxygen atoms in total. The van der Waals surface area contributed by atoms with Gasteiger partial charge in [0.1, 0.15) is 11.4 Å². The number of carbonyl (C=O) groups excluding carboxylic acids is 2. The number of anilines is 1. The lowest BCUT2D eigenvalue weighted by Gasteiger charge is -2.21. The third kappa shape index (κ3) is 1.52. The summed E-state index contributed by atoms with van der Waals surface area (Å²) in [6, 6.07) is 5.24. The Bertz CT molecular complexity index is 476. The van der Waals surface area contributed by atoms with Crippen LogP contribution in [0.1, 0.15) is 6.42 Å². The number of aromatic nitrogens is 1. The van der Waals surface area contributed by atoms with E-state index in [0.717, 1.165) is 5.82 Å². The quantitative estimate of drug-likeness (QED) is 0.661. The molecule has 1 atom stereocenters. The summed E-state index contributed by atoms with van der Waals surface area (Å²) in [5, 5.41) is 5.00. The van der Waals surface area contributed by atoms with Gasteiger partial charge in [-0.25, -0.2) is 9.78 Å². The normalized spacial score (nSPS) is 27.4. The average Bonchev–Trinajstić information content (AvgIpc) is 2.86. The molecule has 0 aromatic carbocycles. The van der Waals surface area contributed by atoms with Crippen LogP contribution in [0.3, 0.4) is 0 Å². The zero-order valence-corrected chi connectivity index (χ0v) is 9.14. The fourth-order valence-corrected chi connectivity index (χ4v) is 2.36. The van der Waals surface area contributed by atoms with Gasteiger partial charge in [-0.2, -0.15) is 0 Å². The van der Waals surface area contributed by atoms with E-state index in [1.807, 2.05) is 23.1 Å². The number of urea groups is 1. The summed E-state index contributed by atoms with van der Waals surface area (Å²) in [6.07, 6.45) is 2.33. The smallest absolute Gasteiger partial charge is 0.322 e. The first-order valence-corrected chi connectivity index (χ1v) is 5.49. The number of imide groups is 1. The molecule has 1 spiro atoms. The van der Waals surface area contributed by atoms with Crippen molar-refractivity contribution >= 4 is 17.8 Å². The number of pyridine rings is 1. The van der Waals surface area contributed by atoms with Crippen molar-refractivity contribution in [3.63, 3.8) is 0 Å². The minimum atomic E-state index is -0.769. The summed E-state index contributed by atoms with van der Waals surface area (Å²) in [4.78, 5) is 29.2. The molecule has 0 saturated carbocycles. The molecule has 0 bridgehead atoms. The Kier molecular flexibility index (Phi) is 2.04. The molecule has 2 aliphatic rings. The highest BCUT2D eigenvalue weighted by Gasteiger charge is 2.50. The minimum absolute atomic E-state index is 0.235. The molecule has 3 amide bonds. The van der Waals surface area contributed by atoms with Gasteiger partial charge in [-0.3, -0.25) is 10.1 Å². The second-order valence-corrected chi connectivity index (χ2v) is 4.35. The largest absolute Gasteiger partial charge is 0.354 e. The molecular formula is C11H12N4O2. The standard InChI is InChI=1S/C11H12N4O2/c16-9-11(14-10(17)13-9)4-6-15(7-11)8-3-1-2-5-12-8/h1-3,5H,4,6-7H2,(H2,13,14,16,17). The van der Waals surface area contributed by atoms with Crippen LogP contribution in [0, 0.1) is 0 Å². The van der Waals surface area contributed by atoms with Crippen molar-refractivity contribution in [1.82, 2.24) is 15.6 Å². The molecule has 2 fully saturated rings. The van der Waals surface area contributed by atoms with Gasteiger partial charge in [0.25, 0.3) is 5.91 Å². The summed E-state index contributed by atoms with van der Waals surface area (Å²) in [5.74, 6) is 0.597. The van der Waals surface area contributed by atoms with Crippen LogP contribution in [0.5, 0.6) is 0 Å². The van der Waals surface area contributed by atoms with Crippen molar-refractivity contribution in [3.05, 3.63) is 24.4 Å². The van der Waals surface area contributed by atoms with Crippen LogP contribution in [0.15, 0.2) is 24.4 Å². The average molecular weight is 232 g/mol. The third-order valence-electron chi connectivity index (χ3n) is 3.26. The Morgan fingerprint density at radius 1 is 1.35 bits per heavy atom. The van der Waals surface area contributed by atoms with Crippen LogP contribution < -0.4 is 15.5 Å². The molecule has 2 aliphatic heterocycles. The zero-order valence-electron chi connectivity index (χ0n) is 9.14. The van der Waals surface area contributed by atoms with E-state index in [2.05, 4.69) is 15.6 Å². The van der Waals surface area contributed by atoms with Crippen LogP contribution in [0.25, 0.3) is 0 Å². The van der Waals surface area contributed by atoms with Crippen LogP contribution in [0.4, 0.5) is 10.6 Å². The summed E-state index contributed by atoms with van der Waals surface area (Å²) < 4.78 is 0. The lowest BCUT2D eigenvalue weighted by Crippen LogP contribution is -2.49. The summed E-state index contributed by atoms with van der Waals surface area (Å²) >= 11 is 0. The van der Waals surface area contributed by atoms with E-state index in [4.69, 9.17) is 0 Å². The van der Waals surface area contributed by atoms with E-state index in [9.17, 15) is 9.59 Å². The molecule has 1 aromatic rings. The molecular weight excluding hydrogens is 220 g/mol. The molecule has 2 saturated heterocycles. The summed E-state index contributed by atoms with van der Waals surface area (Å²) in [5.41, 5.74) is -0.769. The van der Waals surface area contributed by atoms with Gasteiger partial charge >= 0.3 is 6.03 Å². The molecule has 0 radical (unpaired) electrons. The van der Waals surface area contributed by atoms with Gasteiger partial charge in [-0.05, 0) is 18.6 Å². The van der Waals surface area contributed by atoms with E-state index >= 15 is 0 Å². The van der Waals surface area contributed by atoms with Crippen LogP contribution in [-0.4, -0.2) is 35.6 Å². The molecule has 6 heteroatoms.